The van der Waals surface area contributed by atoms with E-state index in [4.69, 9.17) is 6.57 Å². The van der Waals surface area contributed by atoms with Crippen molar-refractivity contribution in [2.75, 3.05) is 10.6 Å². The summed E-state index contributed by atoms with van der Waals surface area (Å²) in [5.74, 6) is -3.58. The Kier molecular flexibility index (Phi) is 4.68. The Labute approximate surface area is 166 Å². The second kappa shape index (κ2) is 7.08. The minimum absolute atomic E-state index is 0.0177. The first-order valence-electron chi connectivity index (χ1n) is 8.80. The van der Waals surface area contributed by atoms with E-state index < -0.39 is 42.4 Å². The lowest BCUT2D eigenvalue weighted by molar-refractivity contribution is -0.137. The molecule has 0 saturated heterocycles. The van der Waals surface area contributed by atoms with Gasteiger partial charge in [0.25, 0.3) is 5.92 Å². The molecule has 2 heterocycles. The summed E-state index contributed by atoms with van der Waals surface area (Å²) in [6.45, 7) is 6.98. The predicted molar refractivity (Wildman–Crippen MR) is 98.2 cm³/mol. The lowest BCUT2D eigenvalue weighted by Crippen LogP contribution is -2.44. The summed E-state index contributed by atoms with van der Waals surface area (Å²) in [6.07, 6.45) is -3.74. The van der Waals surface area contributed by atoms with Gasteiger partial charge in [-0.3, -0.25) is 4.85 Å². The van der Waals surface area contributed by atoms with Gasteiger partial charge in [0.05, 0.1) is 17.4 Å². The Hall–Kier alpha value is -3.49. The maximum Gasteiger partial charge on any atom is 0.421 e. The molecule has 1 aliphatic carbocycles. The van der Waals surface area contributed by atoms with Gasteiger partial charge in [-0.25, -0.2) is 20.3 Å². The van der Waals surface area contributed by atoms with Crippen LogP contribution in [-0.2, 0) is 12.8 Å². The monoisotopic (exact) mass is 423 g/mol. The van der Waals surface area contributed by atoms with Gasteiger partial charge in [0.15, 0.2) is 0 Å². The molecule has 1 aliphatic rings. The van der Waals surface area contributed by atoms with Crippen LogP contribution < -0.4 is 10.6 Å². The minimum Gasteiger partial charge on any atom is -0.366 e. The highest BCUT2D eigenvalue weighted by Crippen LogP contribution is 2.41. The molecule has 12 heteroatoms. The zero-order chi connectivity index (χ0) is 21.5. The van der Waals surface area contributed by atoms with Crippen LogP contribution in [0.1, 0.15) is 18.4 Å². The van der Waals surface area contributed by atoms with E-state index >= 15 is 0 Å². The van der Waals surface area contributed by atoms with Crippen LogP contribution in [0.2, 0.25) is 0 Å². The molecule has 0 aliphatic heterocycles. The van der Waals surface area contributed by atoms with Crippen molar-refractivity contribution in [3.05, 3.63) is 47.6 Å². The Morgan fingerprint density at radius 1 is 1.23 bits per heavy atom. The third-order valence-electron chi connectivity index (χ3n) is 4.66. The van der Waals surface area contributed by atoms with Crippen LogP contribution in [0.25, 0.3) is 15.7 Å². The molecule has 156 valence electrons. The number of nitrogens with zero attached hydrogens (tertiary/aromatic N) is 5. The van der Waals surface area contributed by atoms with E-state index in [9.17, 15) is 22.0 Å². The maximum atomic E-state index is 13.3. The summed E-state index contributed by atoms with van der Waals surface area (Å²) < 4.78 is 67.5. The molecule has 3 aromatic rings. The molecule has 0 amide bonds. The van der Waals surface area contributed by atoms with Crippen molar-refractivity contribution in [2.45, 2.75) is 37.7 Å². The van der Waals surface area contributed by atoms with E-state index in [0.717, 1.165) is 0 Å². The number of aromatic nitrogens is 4. The van der Waals surface area contributed by atoms with Gasteiger partial charge in [0, 0.05) is 30.5 Å². The normalized spacial score (nSPS) is 16.1. The van der Waals surface area contributed by atoms with Crippen LogP contribution in [0, 0.1) is 6.57 Å². The SMILES string of the molecule is [C-]#[N+]Cn1ncc2c(Nc3ncc(C(F)(F)F)c(NC4CC(F)(F)C4)n3)cccc21. The van der Waals surface area contributed by atoms with Crippen LogP contribution in [0.3, 0.4) is 0 Å². The number of alkyl halides is 5. The largest absolute Gasteiger partial charge is 0.421 e. The molecule has 0 radical (unpaired) electrons. The third kappa shape index (κ3) is 3.83. The van der Waals surface area contributed by atoms with Crippen LogP contribution in [-0.4, -0.2) is 31.7 Å². The molecule has 4 rings (SSSR count). The van der Waals surface area contributed by atoms with Crippen LogP contribution in [0.4, 0.5) is 39.4 Å². The number of anilines is 3. The Morgan fingerprint density at radius 2 is 2.00 bits per heavy atom. The number of nitrogens with one attached hydrogen (secondary N) is 2. The van der Waals surface area contributed by atoms with Gasteiger partial charge < -0.3 is 10.6 Å². The molecule has 1 aromatic carbocycles. The highest BCUT2D eigenvalue weighted by atomic mass is 19.4. The van der Waals surface area contributed by atoms with E-state index in [-0.39, 0.29) is 12.6 Å². The average molecular weight is 423 g/mol. The second-order valence-electron chi connectivity index (χ2n) is 6.87. The van der Waals surface area contributed by atoms with E-state index in [0.29, 0.717) is 22.8 Å². The number of fused-ring (bicyclic) bond motifs is 1. The smallest absolute Gasteiger partial charge is 0.366 e. The summed E-state index contributed by atoms with van der Waals surface area (Å²) in [6, 6.07) is 4.29. The van der Waals surface area contributed by atoms with E-state index in [1.165, 1.54) is 10.9 Å². The molecular weight excluding hydrogens is 409 g/mol. The first-order valence-corrected chi connectivity index (χ1v) is 8.80. The van der Waals surface area contributed by atoms with Gasteiger partial charge in [-0.15, -0.1) is 0 Å². The molecule has 0 unspecified atom stereocenters. The lowest BCUT2D eigenvalue weighted by Gasteiger charge is -2.36. The van der Waals surface area contributed by atoms with Gasteiger partial charge in [0.1, 0.15) is 11.4 Å². The summed E-state index contributed by atoms with van der Waals surface area (Å²) in [4.78, 5) is 10.9. The van der Waals surface area contributed by atoms with Crippen LogP contribution in [0.15, 0.2) is 30.6 Å². The number of halogens is 5. The van der Waals surface area contributed by atoms with Gasteiger partial charge >= 0.3 is 12.8 Å². The van der Waals surface area contributed by atoms with Gasteiger partial charge in [-0.05, 0) is 12.1 Å². The first kappa shape index (κ1) is 19.8. The van der Waals surface area contributed by atoms with Crippen molar-refractivity contribution in [1.82, 2.24) is 19.7 Å². The Bertz CT molecular complexity index is 1120. The molecule has 2 N–H and O–H groups in total. The van der Waals surface area contributed by atoms with Crippen LogP contribution >= 0.6 is 0 Å². The first-order chi connectivity index (χ1) is 14.2. The van der Waals surface area contributed by atoms with Crippen molar-refractivity contribution in [2.24, 2.45) is 0 Å². The molecule has 0 spiro atoms. The fourth-order valence-electron chi connectivity index (χ4n) is 3.23. The number of rotatable bonds is 5. The van der Waals surface area contributed by atoms with Crippen molar-refractivity contribution in [3.8, 4) is 0 Å². The van der Waals surface area contributed by atoms with Gasteiger partial charge in [-0.1, -0.05) is 6.07 Å². The summed E-state index contributed by atoms with van der Waals surface area (Å²) in [5, 5.41) is 10.0. The molecule has 30 heavy (non-hydrogen) atoms. The lowest BCUT2D eigenvalue weighted by atomic mass is 9.88. The van der Waals surface area contributed by atoms with E-state index in [1.54, 1.807) is 18.2 Å². The van der Waals surface area contributed by atoms with Gasteiger partial charge in [-0.2, -0.15) is 27.9 Å². The van der Waals surface area contributed by atoms with Crippen molar-refractivity contribution in [3.63, 3.8) is 0 Å². The van der Waals surface area contributed by atoms with E-state index in [1.807, 2.05) is 0 Å². The highest BCUT2D eigenvalue weighted by molar-refractivity contribution is 5.92. The van der Waals surface area contributed by atoms with Crippen molar-refractivity contribution < 1.29 is 22.0 Å². The third-order valence-corrected chi connectivity index (χ3v) is 4.66. The van der Waals surface area contributed by atoms with E-state index in [2.05, 4.69) is 30.5 Å². The van der Waals surface area contributed by atoms with Crippen molar-refractivity contribution >= 4 is 28.4 Å². The summed E-state index contributed by atoms with van der Waals surface area (Å²) in [5.41, 5.74) is -0.00562. The summed E-state index contributed by atoms with van der Waals surface area (Å²) >= 11 is 0. The number of benzene rings is 1. The average Bonchev–Trinajstić information content (AvgIpc) is 3.04. The quantitative estimate of drug-likeness (QED) is 0.461. The Morgan fingerprint density at radius 3 is 2.67 bits per heavy atom. The molecular formula is C18H14F5N7. The predicted octanol–water partition coefficient (Wildman–Crippen LogP) is 4.68. The zero-order valence-corrected chi connectivity index (χ0v) is 15.2. The Balaban J connectivity index is 1.64. The fraction of sp³-hybridized carbons (Fsp3) is 0.333. The van der Waals surface area contributed by atoms with Gasteiger partial charge in [0.2, 0.25) is 5.95 Å². The summed E-state index contributed by atoms with van der Waals surface area (Å²) in [7, 11) is 0. The second-order valence-corrected chi connectivity index (χ2v) is 6.87. The molecule has 0 atom stereocenters. The molecule has 7 nitrogen and oxygen atoms in total. The minimum atomic E-state index is -4.74. The topological polar surface area (TPSA) is 72.0 Å². The molecule has 1 saturated carbocycles. The zero-order valence-electron chi connectivity index (χ0n) is 15.2. The van der Waals surface area contributed by atoms with Crippen molar-refractivity contribution in [1.29, 1.82) is 0 Å². The molecule has 2 aromatic heterocycles. The highest BCUT2D eigenvalue weighted by Gasteiger charge is 2.46. The van der Waals surface area contributed by atoms with Crippen LogP contribution in [0.5, 0.6) is 0 Å². The number of hydrogen-bond acceptors (Lipinski definition) is 5. The molecule has 0 bridgehead atoms. The molecule has 1 fully saturated rings. The fourth-order valence-corrected chi connectivity index (χ4v) is 3.23. The maximum absolute atomic E-state index is 13.3. The standard InChI is InChI=1S/C18H14F5N7/c1-24-9-30-14-4-2-3-13(11(14)7-26-30)28-16-25-8-12(18(21,22)23)15(29-16)27-10-5-17(19,20)6-10/h2-4,7-8,10H,5-6,9H2,(H2,25,27,28,29). The number of hydrogen-bond donors (Lipinski definition) is 2.